The van der Waals surface area contributed by atoms with Crippen molar-refractivity contribution in [2.45, 2.75) is 13.3 Å². The minimum Gasteiger partial charge on any atom is -0.502 e. The number of pyridine rings is 2. The molecule has 0 radical (unpaired) electrons. The predicted octanol–water partition coefficient (Wildman–Crippen LogP) is 2.59. The first-order valence-electron chi connectivity index (χ1n) is 7.88. The van der Waals surface area contributed by atoms with Gasteiger partial charge in [0.1, 0.15) is 12.0 Å². The first-order valence-corrected chi connectivity index (χ1v) is 7.88. The molecule has 0 aliphatic rings. The lowest BCUT2D eigenvalue weighted by Gasteiger charge is -2.14. The number of carbonyl (C=O) groups excluding carboxylic acids is 2. The Bertz CT molecular complexity index is 820. The fourth-order valence-electron chi connectivity index (χ4n) is 2.29. The molecule has 0 unspecified atom stereocenters. The first kappa shape index (κ1) is 18.9. The monoisotopic (exact) mass is 356 g/mol. The van der Waals surface area contributed by atoms with Gasteiger partial charge in [0.2, 0.25) is 0 Å². The fourth-order valence-corrected chi connectivity index (χ4v) is 2.29. The van der Waals surface area contributed by atoms with Gasteiger partial charge in [0.15, 0.2) is 0 Å². The number of aromatic nitrogens is 2. The molecule has 0 bridgehead atoms. The van der Waals surface area contributed by atoms with E-state index < -0.39 is 12.0 Å². The SMILES string of the molecule is CCc1cccnc1/C(=C\OC)NC(=O)Nc1cnccc1C(=O)OC. The van der Waals surface area contributed by atoms with Crippen molar-refractivity contribution in [3.05, 3.63) is 59.9 Å². The van der Waals surface area contributed by atoms with Crippen LogP contribution in [0.4, 0.5) is 10.5 Å². The summed E-state index contributed by atoms with van der Waals surface area (Å²) < 4.78 is 9.76. The number of methoxy groups -OCH3 is 2. The van der Waals surface area contributed by atoms with Crippen LogP contribution in [0.1, 0.15) is 28.5 Å². The summed E-state index contributed by atoms with van der Waals surface area (Å²) in [5.41, 5.74) is 2.37. The number of esters is 1. The summed E-state index contributed by atoms with van der Waals surface area (Å²) in [4.78, 5) is 32.4. The summed E-state index contributed by atoms with van der Waals surface area (Å²) in [5, 5.41) is 5.27. The molecule has 0 saturated heterocycles. The van der Waals surface area contributed by atoms with E-state index in [1.54, 1.807) is 6.20 Å². The molecule has 0 aliphatic heterocycles. The third kappa shape index (κ3) is 4.56. The van der Waals surface area contributed by atoms with Gasteiger partial charge in [-0.15, -0.1) is 0 Å². The number of aryl methyl sites for hydroxylation is 1. The number of ether oxygens (including phenoxy) is 2. The van der Waals surface area contributed by atoms with Crippen molar-refractivity contribution in [3.8, 4) is 0 Å². The van der Waals surface area contributed by atoms with Crippen LogP contribution in [0.3, 0.4) is 0 Å². The highest BCUT2D eigenvalue weighted by Gasteiger charge is 2.16. The molecule has 0 saturated carbocycles. The lowest BCUT2D eigenvalue weighted by atomic mass is 10.1. The van der Waals surface area contributed by atoms with Crippen LogP contribution in [0, 0.1) is 0 Å². The molecule has 2 aromatic rings. The Kier molecular flexibility index (Phi) is 6.67. The second-order valence-corrected chi connectivity index (χ2v) is 5.12. The molecule has 0 spiro atoms. The van der Waals surface area contributed by atoms with Gasteiger partial charge in [-0.05, 0) is 24.1 Å². The van der Waals surface area contributed by atoms with E-state index in [-0.39, 0.29) is 11.3 Å². The molecule has 0 aliphatic carbocycles. The average Bonchev–Trinajstić information content (AvgIpc) is 2.67. The van der Waals surface area contributed by atoms with E-state index in [4.69, 9.17) is 9.47 Å². The van der Waals surface area contributed by atoms with Crippen molar-refractivity contribution in [1.82, 2.24) is 15.3 Å². The van der Waals surface area contributed by atoms with Crippen molar-refractivity contribution >= 4 is 23.4 Å². The first-order chi connectivity index (χ1) is 12.6. The van der Waals surface area contributed by atoms with E-state index in [2.05, 4.69) is 20.6 Å². The maximum Gasteiger partial charge on any atom is 0.340 e. The molecule has 0 fully saturated rings. The molecule has 0 aromatic carbocycles. The molecule has 0 atom stereocenters. The number of hydrogen-bond acceptors (Lipinski definition) is 6. The zero-order chi connectivity index (χ0) is 18.9. The van der Waals surface area contributed by atoms with E-state index in [1.165, 1.54) is 38.9 Å². The van der Waals surface area contributed by atoms with Crippen molar-refractivity contribution in [3.63, 3.8) is 0 Å². The number of amides is 2. The summed E-state index contributed by atoms with van der Waals surface area (Å²) >= 11 is 0. The number of anilines is 1. The zero-order valence-corrected chi connectivity index (χ0v) is 14.8. The molecular formula is C18H20N4O4. The Balaban J connectivity index is 2.22. The van der Waals surface area contributed by atoms with Crippen LogP contribution in [0.5, 0.6) is 0 Å². The van der Waals surface area contributed by atoms with Crippen LogP contribution in [-0.2, 0) is 15.9 Å². The molecule has 2 aromatic heterocycles. The minimum absolute atomic E-state index is 0.196. The largest absolute Gasteiger partial charge is 0.502 e. The average molecular weight is 356 g/mol. The Morgan fingerprint density at radius 3 is 2.73 bits per heavy atom. The minimum atomic E-state index is -0.576. The summed E-state index contributed by atoms with van der Waals surface area (Å²) in [7, 11) is 2.74. The van der Waals surface area contributed by atoms with E-state index in [0.717, 1.165) is 12.0 Å². The molecule has 2 heterocycles. The highest BCUT2D eigenvalue weighted by Crippen LogP contribution is 2.17. The van der Waals surface area contributed by atoms with Crippen LogP contribution in [-0.4, -0.2) is 36.2 Å². The molecule has 2 rings (SSSR count). The van der Waals surface area contributed by atoms with Gasteiger partial charge in [-0.1, -0.05) is 13.0 Å². The van der Waals surface area contributed by atoms with Crippen LogP contribution in [0.15, 0.2) is 43.1 Å². The summed E-state index contributed by atoms with van der Waals surface area (Å²) in [6.45, 7) is 1.99. The van der Waals surface area contributed by atoms with Gasteiger partial charge in [0, 0.05) is 12.4 Å². The van der Waals surface area contributed by atoms with Gasteiger partial charge in [0.05, 0.1) is 37.4 Å². The standard InChI is InChI=1S/C18H20N4O4/c1-4-12-6-5-8-20-16(12)15(11-25-2)22-18(24)21-14-10-19-9-7-13(14)17(23)26-3/h5-11H,4H2,1-3H3,(H2,21,22,24)/b15-11+. The van der Waals surface area contributed by atoms with Crippen molar-refractivity contribution in [2.24, 2.45) is 0 Å². The second kappa shape index (κ2) is 9.16. The Labute approximate surface area is 151 Å². The summed E-state index contributed by atoms with van der Waals surface area (Å²) in [6, 6.07) is 4.63. The van der Waals surface area contributed by atoms with E-state index in [1.807, 2.05) is 19.1 Å². The topological polar surface area (TPSA) is 102 Å². The van der Waals surface area contributed by atoms with Gasteiger partial charge < -0.3 is 20.1 Å². The van der Waals surface area contributed by atoms with Crippen LogP contribution >= 0.6 is 0 Å². The Morgan fingerprint density at radius 1 is 1.23 bits per heavy atom. The maximum absolute atomic E-state index is 12.4. The predicted molar refractivity (Wildman–Crippen MR) is 96.3 cm³/mol. The third-order valence-corrected chi connectivity index (χ3v) is 3.49. The highest BCUT2D eigenvalue weighted by molar-refractivity contribution is 6.02. The number of urea groups is 1. The number of hydrogen-bond donors (Lipinski definition) is 2. The highest BCUT2D eigenvalue weighted by atomic mass is 16.5. The Hall–Kier alpha value is -3.42. The lowest BCUT2D eigenvalue weighted by Crippen LogP contribution is -2.29. The summed E-state index contributed by atoms with van der Waals surface area (Å²) in [6.07, 6.45) is 6.57. The van der Waals surface area contributed by atoms with E-state index in [0.29, 0.717) is 11.4 Å². The van der Waals surface area contributed by atoms with Crippen molar-refractivity contribution in [2.75, 3.05) is 19.5 Å². The van der Waals surface area contributed by atoms with Gasteiger partial charge in [-0.3, -0.25) is 9.97 Å². The molecule has 8 nitrogen and oxygen atoms in total. The fraction of sp³-hybridized carbons (Fsp3) is 0.222. The number of nitrogens with zero attached hydrogens (tertiary/aromatic N) is 2. The smallest absolute Gasteiger partial charge is 0.340 e. The van der Waals surface area contributed by atoms with Crippen LogP contribution < -0.4 is 10.6 Å². The van der Waals surface area contributed by atoms with Gasteiger partial charge in [0.25, 0.3) is 0 Å². The molecule has 136 valence electrons. The molecule has 2 amide bonds. The third-order valence-electron chi connectivity index (χ3n) is 3.49. The Morgan fingerprint density at radius 2 is 2.04 bits per heavy atom. The lowest BCUT2D eigenvalue weighted by molar-refractivity contribution is 0.0602. The second-order valence-electron chi connectivity index (χ2n) is 5.12. The van der Waals surface area contributed by atoms with Gasteiger partial charge in [-0.2, -0.15) is 0 Å². The van der Waals surface area contributed by atoms with E-state index in [9.17, 15) is 9.59 Å². The number of nitrogens with one attached hydrogen (secondary N) is 2. The van der Waals surface area contributed by atoms with E-state index >= 15 is 0 Å². The van der Waals surface area contributed by atoms with Crippen LogP contribution in [0.2, 0.25) is 0 Å². The quantitative estimate of drug-likeness (QED) is 0.609. The summed E-state index contributed by atoms with van der Waals surface area (Å²) in [5.74, 6) is -0.576. The normalized spacial score (nSPS) is 10.8. The van der Waals surface area contributed by atoms with Gasteiger partial charge in [-0.25, -0.2) is 9.59 Å². The van der Waals surface area contributed by atoms with Gasteiger partial charge >= 0.3 is 12.0 Å². The zero-order valence-electron chi connectivity index (χ0n) is 14.8. The molecular weight excluding hydrogens is 336 g/mol. The molecule has 8 heteroatoms. The van der Waals surface area contributed by atoms with Crippen LogP contribution in [0.25, 0.3) is 5.70 Å². The molecule has 2 N–H and O–H groups in total. The van der Waals surface area contributed by atoms with Crippen molar-refractivity contribution in [1.29, 1.82) is 0 Å². The maximum atomic E-state index is 12.4. The number of rotatable bonds is 6. The molecule has 26 heavy (non-hydrogen) atoms. The van der Waals surface area contributed by atoms with Crippen molar-refractivity contribution < 1.29 is 19.1 Å². The number of carbonyl (C=O) groups is 2.